The van der Waals surface area contributed by atoms with Gasteiger partial charge in [-0.2, -0.15) is 0 Å². The number of benzene rings is 1. The number of pyridine rings is 1. The van der Waals surface area contributed by atoms with Crippen LogP contribution in [0.2, 0.25) is 0 Å². The number of nitrogens with zero attached hydrogens (tertiary/aromatic N) is 1. The van der Waals surface area contributed by atoms with Gasteiger partial charge in [-0.15, -0.1) is 0 Å². The Hall–Kier alpha value is -2.80. The fourth-order valence-corrected chi connectivity index (χ4v) is 2.50. The van der Waals surface area contributed by atoms with Crippen LogP contribution in [-0.4, -0.2) is 36.4 Å². The maximum atomic E-state index is 12.3. The molecule has 7 heteroatoms. The first-order chi connectivity index (χ1) is 12.0. The molecule has 7 nitrogen and oxygen atoms in total. The number of aromatic nitrogens is 1. The third-order valence-electron chi connectivity index (χ3n) is 3.89. The van der Waals surface area contributed by atoms with Crippen LogP contribution in [0.5, 0.6) is 11.5 Å². The first-order valence-corrected chi connectivity index (χ1v) is 7.81. The van der Waals surface area contributed by atoms with Crippen molar-refractivity contribution in [2.24, 2.45) is 0 Å². The zero-order chi connectivity index (χ0) is 18.4. The van der Waals surface area contributed by atoms with Gasteiger partial charge in [0.15, 0.2) is 5.75 Å². The molecule has 0 atom stereocenters. The molecule has 134 valence electrons. The van der Waals surface area contributed by atoms with E-state index in [4.69, 9.17) is 9.47 Å². The smallest absolute Gasteiger partial charge is 0.251 e. The first kappa shape index (κ1) is 18.5. The number of carbonyl (C=O) groups excluding carboxylic acids is 1. The average molecular weight is 346 g/mol. The summed E-state index contributed by atoms with van der Waals surface area (Å²) >= 11 is 0. The number of hydrogen-bond acceptors (Lipinski definition) is 5. The predicted molar refractivity (Wildman–Crippen MR) is 93.1 cm³/mol. The van der Waals surface area contributed by atoms with E-state index in [1.54, 1.807) is 50.0 Å². The standard InChI is InChI=1S/C18H22N2O5/c1-12-10-16(21)17(22)15(20(12)8-9-24-2)11-19-18(23)13-4-6-14(25-3)7-5-13/h4-7,10,22H,8-9,11H2,1-3H3,(H,19,23). The molecule has 0 radical (unpaired) electrons. The van der Waals surface area contributed by atoms with Crippen molar-refractivity contribution in [1.29, 1.82) is 0 Å². The Labute approximate surface area is 145 Å². The lowest BCUT2D eigenvalue weighted by atomic mass is 10.2. The van der Waals surface area contributed by atoms with Gasteiger partial charge in [0.05, 0.1) is 26.0 Å². The Balaban J connectivity index is 2.20. The molecule has 2 rings (SSSR count). The van der Waals surface area contributed by atoms with Crippen LogP contribution in [0.1, 0.15) is 21.7 Å². The van der Waals surface area contributed by atoms with Gasteiger partial charge in [0.25, 0.3) is 5.91 Å². The highest BCUT2D eigenvalue weighted by Gasteiger charge is 2.14. The van der Waals surface area contributed by atoms with Gasteiger partial charge in [0, 0.05) is 31.0 Å². The summed E-state index contributed by atoms with van der Waals surface area (Å²) in [5.41, 5.74) is 1.02. The lowest BCUT2D eigenvalue weighted by Crippen LogP contribution is -2.27. The van der Waals surface area contributed by atoms with Crippen molar-refractivity contribution in [1.82, 2.24) is 9.88 Å². The maximum absolute atomic E-state index is 12.3. The van der Waals surface area contributed by atoms with E-state index in [1.807, 2.05) is 0 Å². The monoisotopic (exact) mass is 346 g/mol. The molecule has 0 unspecified atom stereocenters. The minimum atomic E-state index is -0.472. The zero-order valence-electron chi connectivity index (χ0n) is 14.5. The summed E-state index contributed by atoms with van der Waals surface area (Å²) in [6.45, 7) is 2.68. The molecule has 1 aromatic heterocycles. The van der Waals surface area contributed by atoms with Crippen molar-refractivity contribution < 1.29 is 19.4 Å². The quantitative estimate of drug-likeness (QED) is 0.792. The number of aromatic hydroxyl groups is 1. The van der Waals surface area contributed by atoms with Gasteiger partial charge in [-0.25, -0.2) is 0 Å². The van der Waals surface area contributed by atoms with E-state index < -0.39 is 5.43 Å². The molecule has 0 saturated heterocycles. The average Bonchev–Trinajstić information content (AvgIpc) is 2.62. The van der Waals surface area contributed by atoms with Crippen LogP contribution >= 0.6 is 0 Å². The molecule has 0 spiro atoms. The molecule has 0 fully saturated rings. The van der Waals surface area contributed by atoms with E-state index in [0.717, 1.165) is 0 Å². The zero-order valence-corrected chi connectivity index (χ0v) is 14.5. The highest BCUT2D eigenvalue weighted by atomic mass is 16.5. The third kappa shape index (κ3) is 4.39. The summed E-state index contributed by atoms with van der Waals surface area (Å²) in [6, 6.07) is 8.02. The Morgan fingerprint density at radius 1 is 1.24 bits per heavy atom. The van der Waals surface area contributed by atoms with Crippen LogP contribution in [0.3, 0.4) is 0 Å². The molecular formula is C18H22N2O5. The molecule has 1 heterocycles. The van der Waals surface area contributed by atoms with Gasteiger partial charge in [-0.3, -0.25) is 9.59 Å². The summed E-state index contributed by atoms with van der Waals surface area (Å²) < 4.78 is 11.9. The fraction of sp³-hybridized carbons (Fsp3) is 0.333. The molecule has 0 saturated carbocycles. The van der Waals surface area contributed by atoms with E-state index in [9.17, 15) is 14.7 Å². The molecule has 0 aliphatic carbocycles. The Bertz CT molecular complexity index is 796. The van der Waals surface area contributed by atoms with Crippen LogP contribution in [0, 0.1) is 6.92 Å². The second-order valence-electron chi connectivity index (χ2n) is 5.50. The van der Waals surface area contributed by atoms with Crippen molar-refractivity contribution in [3.8, 4) is 11.5 Å². The molecular weight excluding hydrogens is 324 g/mol. The Morgan fingerprint density at radius 2 is 1.92 bits per heavy atom. The van der Waals surface area contributed by atoms with E-state index >= 15 is 0 Å². The van der Waals surface area contributed by atoms with Gasteiger partial charge >= 0.3 is 0 Å². The van der Waals surface area contributed by atoms with E-state index in [-0.39, 0.29) is 18.2 Å². The number of aryl methyl sites for hydroxylation is 1. The van der Waals surface area contributed by atoms with Gasteiger partial charge in [0.1, 0.15) is 5.75 Å². The molecule has 0 bridgehead atoms. The molecule has 2 aromatic rings. The van der Waals surface area contributed by atoms with Crippen LogP contribution in [0.15, 0.2) is 35.1 Å². The van der Waals surface area contributed by atoms with Gasteiger partial charge in [-0.1, -0.05) is 0 Å². The van der Waals surface area contributed by atoms with Crippen LogP contribution in [0.4, 0.5) is 0 Å². The highest BCUT2D eigenvalue weighted by Crippen LogP contribution is 2.15. The summed E-state index contributed by atoms with van der Waals surface area (Å²) in [7, 11) is 3.12. The normalized spacial score (nSPS) is 10.5. The number of nitrogens with one attached hydrogen (secondary N) is 1. The van der Waals surface area contributed by atoms with Crippen molar-refractivity contribution in [3.05, 3.63) is 57.5 Å². The summed E-state index contributed by atoms with van der Waals surface area (Å²) in [5.74, 6) is -0.0210. The summed E-state index contributed by atoms with van der Waals surface area (Å²) in [4.78, 5) is 24.1. The number of ether oxygens (including phenoxy) is 2. The second-order valence-corrected chi connectivity index (χ2v) is 5.50. The maximum Gasteiger partial charge on any atom is 0.251 e. The summed E-state index contributed by atoms with van der Waals surface area (Å²) in [5, 5.41) is 12.8. The van der Waals surface area contributed by atoms with Crippen LogP contribution in [-0.2, 0) is 17.8 Å². The topological polar surface area (TPSA) is 89.8 Å². The predicted octanol–water partition coefficient (Wildman–Crippen LogP) is 1.45. The SMILES string of the molecule is COCCn1c(C)cc(=O)c(O)c1CNC(=O)c1ccc(OC)cc1. The van der Waals surface area contributed by atoms with E-state index in [0.29, 0.717) is 35.9 Å². The molecule has 1 amide bonds. The van der Waals surface area contributed by atoms with Gasteiger partial charge in [0.2, 0.25) is 5.43 Å². The highest BCUT2D eigenvalue weighted by molar-refractivity contribution is 5.94. The van der Waals surface area contributed by atoms with Crippen LogP contribution < -0.4 is 15.5 Å². The number of rotatable bonds is 7. The molecule has 0 aliphatic rings. The molecule has 2 N–H and O–H groups in total. The molecule has 0 aliphatic heterocycles. The molecule has 25 heavy (non-hydrogen) atoms. The minimum absolute atomic E-state index is 0.0251. The van der Waals surface area contributed by atoms with Gasteiger partial charge < -0.3 is 24.5 Å². The number of carbonyl (C=O) groups is 1. The van der Waals surface area contributed by atoms with Crippen molar-refractivity contribution >= 4 is 5.91 Å². The minimum Gasteiger partial charge on any atom is -0.503 e. The van der Waals surface area contributed by atoms with Gasteiger partial charge in [-0.05, 0) is 31.2 Å². The lowest BCUT2D eigenvalue weighted by molar-refractivity contribution is 0.0949. The lowest BCUT2D eigenvalue weighted by Gasteiger charge is -2.18. The Morgan fingerprint density at radius 3 is 2.52 bits per heavy atom. The van der Waals surface area contributed by atoms with E-state index in [1.165, 1.54) is 6.07 Å². The second kappa shape index (κ2) is 8.34. The van der Waals surface area contributed by atoms with E-state index in [2.05, 4.69) is 5.32 Å². The Kier molecular flexibility index (Phi) is 6.19. The molecule has 1 aromatic carbocycles. The third-order valence-corrected chi connectivity index (χ3v) is 3.89. The first-order valence-electron chi connectivity index (χ1n) is 7.81. The van der Waals surface area contributed by atoms with Crippen molar-refractivity contribution in [2.45, 2.75) is 20.0 Å². The number of amides is 1. The van der Waals surface area contributed by atoms with Crippen molar-refractivity contribution in [3.63, 3.8) is 0 Å². The largest absolute Gasteiger partial charge is 0.503 e. The number of hydrogen-bond donors (Lipinski definition) is 2. The summed E-state index contributed by atoms with van der Waals surface area (Å²) in [6.07, 6.45) is 0. The van der Waals surface area contributed by atoms with Crippen LogP contribution in [0.25, 0.3) is 0 Å². The number of methoxy groups -OCH3 is 2. The van der Waals surface area contributed by atoms with Crippen molar-refractivity contribution in [2.75, 3.05) is 20.8 Å². The fourth-order valence-electron chi connectivity index (χ4n) is 2.50.